The molecule has 0 saturated heterocycles. The fraction of sp³-hybridized carbons (Fsp3) is 0.889. The summed E-state index contributed by atoms with van der Waals surface area (Å²) in [7, 11) is 1.36. The molecule has 0 aromatic heterocycles. The van der Waals surface area contributed by atoms with Gasteiger partial charge in [0.05, 0.1) is 7.11 Å². The quantitative estimate of drug-likeness (QED) is 0.454. The molecule has 0 aliphatic carbocycles. The van der Waals surface area contributed by atoms with E-state index < -0.39 is 4.11 Å². The van der Waals surface area contributed by atoms with Crippen molar-refractivity contribution in [3.05, 3.63) is 0 Å². The van der Waals surface area contributed by atoms with Crippen molar-refractivity contribution < 1.29 is 14.3 Å². The number of alkyl halides is 1. The molecule has 0 radical (unpaired) electrons. The number of carbonyl (C=O) groups is 1. The fourth-order valence-corrected chi connectivity index (χ4v) is 1.14. The third kappa shape index (κ3) is 7.25. The SMILES string of the molecule is COC(=O)C(I)OCCC(C)(C)C. The molecule has 0 aliphatic rings. The maximum Gasteiger partial charge on any atom is 0.345 e. The second kappa shape index (κ2) is 5.80. The van der Waals surface area contributed by atoms with Gasteiger partial charge in [0.2, 0.25) is 4.11 Å². The van der Waals surface area contributed by atoms with Crippen LogP contribution in [0.1, 0.15) is 27.2 Å². The molecule has 0 spiro atoms. The van der Waals surface area contributed by atoms with Crippen molar-refractivity contribution in [3.8, 4) is 0 Å². The Bertz CT molecular complexity index is 163. The minimum Gasteiger partial charge on any atom is -0.466 e. The predicted octanol–water partition coefficient (Wildman–Crippen LogP) is 2.37. The molecule has 0 aromatic carbocycles. The largest absolute Gasteiger partial charge is 0.466 e. The molecule has 0 bridgehead atoms. The first-order valence-electron chi connectivity index (χ1n) is 4.20. The molecule has 0 rings (SSSR count). The van der Waals surface area contributed by atoms with Crippen LogP contribution in [-0.2, 0) is 14.3 Å². The monoisotopic (exact) mass is 300 g/mol. The minimum atomic E-state index is -0.482. The van der Waals surface area contributed by atoms with Gasteiger partial charge in [0.1, 0.15) is 0 Å². The van der Waals surface area contributed by atoms with Crippen molar-refractivity contribution in [3.63, 3.8) is 0 Å². The first-order chi connectivity index (χ1) is 5.87. The maximum atomic E-state index is 10.9. The molecule has 13 heavy (non-hydrogen) atoms. The summed E-state index contributed by atoms with van der Waals surface area (Å²) in [4.78, 5) is 10.9. The summed E-state index contributed by atoms with van der Waals surface area (Å²) >= 11 is 1.92. The molecule has 78 valence electrons. The maximum absolute atomic E-state index is 10.9. The van der Waals surface area contributed by atoms with Gasteiger partial charge in [-0.3, -0.25) is 0 Å². The molecule has 1 unspecified atom stereocenters. The number of hydrogen-bond donors (Lipinski definition) is 0. The van der Waals surface area contributed by atoms with E-state index in [1.54, 1.807) is 0 Å². The van der Waals surface area contributed by atoms with Crippen LogP contribution in [0.5, 0.6) is 0 Å². The fourth-order valence-electron chi connectivity index (χ4n) is 0.629. The molecule has 0 amide bonds. The summed E-state index contributed by atoms with van der Waals surface area (Å²) < 4.78 is 9.32. The van der Waals surface area contributed by atoms with Crippen LogP contribution >= 0.6 is 22.6 Å². The standard InChI is InChI=1S/C9H17IO3/c1-9(2,3)5-6-13-7(10)8(11)12-4/h7H,5-6H2,1-4H3. The van der Waals surface area contributed by atoms with Crippen LogP contribution in [0.3, 0.4) is 0 Å². The van der Waals surface area contributed by atoms with E-state index in [0.29, 0.717) is 6.61 Å². The number of halogens is 1. The first kappa shape index (κ1) is 13.2. The molecule has 0 N–H and O–H groups in total. The van der Waals surface area contributed by atoms with Gasteiger partial charge in [-0.25, -0.2) is 4.79 Å². The van der Waals surface area contributed by atoms with E-state index in [2.05, 4.69) is 25.5 Å². The second-order valence-electron chi connectivity index (χ2n) is 4.02. The molecule has 0 fully saturated rings. The van der Waals surface area contributed by atoms with E-state index in [1.807, 2.05) is 22.6 Å². The van der Waals surface area contributed by atoms with Crippen molar-refractivity contribution in [1.29, 1.82) is 0 Å². The lowest BCUT2D eigenvalue weighted by Gasteiger charge is -2.18. The summed E-state index contributed by atoms with van der Waals surface area (Å²) in [6, 6.07) is 0. The highest BCUT2D eigenvalue weighted by atomic mass is 127. The van der Waals surface area contributed by atoms with Gasteiger partial charge >= 0.3 is 5.97 Å². The summed E-state index contributed by atoms with van der Waals surface area (Å²) in [5.41, 5.74) is 0.243. The van der Waals surface area contributed by atoms with Crippen molar-refractivity contribution in [1.82, 2.24) is 0 Å². The van der Waals surface area contributed by atoms with Crippen LogP contribution in [0, 0.1) is 5.41 Å². The lowest BCUT2D eigenvalue weighted by Crippen LogP contribution is -2.21. The molecule has 0 aromatic rings. The van der Waals surface area contributed by atoms with Crippen molar-refractivity contribution in [2.45, 2.75) is 31.3 Å². The Morgan fingerprint density at radius 3 is 2.38 bits per heavy atom. The number of rotatable bonds is 4. The van der Waals surface area contributed by atoms with Crippen LogP contribution in [0.15, 0.2) is 0 Å². The molecule has 0 saturated carbocycles. The zero-order valence-corrected chi connectivity index (χ0v) is 10.8. The molecule has 0 heterocycles. The lowest BCUT2D eigenvalue weighted by atomic mass is 9.93. The van der Waals surface area contributed by atoms with Crippen LogP contribution < -0.4 is 0 Å². The molecule has 0 aliphatic heterocycles. The average molecular weight is 300 g/mol. The minimum absolute atomic E-state index is 0.243. The second-order valence-corrected chi connectivity index (χ2v) is 5.15. The van der Waals surface area contributed by atoms with Crippen molar-refractivity contribution >= 4 is 28.6 Å². The van der Waals surface area contributed by atoms with Crippen LogP contribution in [0.25, 0.3) is 0 Å². The Morgan fingerprint density at radius 2 is 2.00 bits per heavy atom. The Hall–Kier alpha value is 0.160. The highest BCUT2D eigenvalue weighted by Crippen LogP contribution is 2.19. The van der Waals surface area contributed by atoms with E-state index in [0.717, 1.165) is 6.42 Å². The number of methoxy groups -OCH3 is 1. The van der Waals surface area contributed by atoms with E-state index in [-0.39, 0.29) is 11.4 Å². The number of carbonyl (C=O) groups excluding carboxylic acids is 1. The van der Waals surface area contributed by atoms with Gasteiger partial charge in [-0.15, -0.1) is 0 Å². The van der Waals surface area contributed by atoms with E-state index in [9.17, 15) is 4.79 Å². The van der Waals surface area contributed by atoms with Gasteiger partial charge in [0, 0.05) is 6.61 Å². The van der Waals surface area contributed by atoms with Gasteiger partial charge in [0.15, 0.2) is 0 Å². The van der Waals surface area contributed by atoms with Gasteiger partial charge in [-0.05, 0) is 34.4 Å². The highest BCUT2D eigenvalue weighted by Gasteiger charge is 2.17. The third-order valence-electron chi connectivity index (χ3n) is 1.50. The van der Waals surface area contributed by atoms with Crippen LogP contribution in [0.2, 0.25) is 0 Å². The van der Waals surface area contributed by atoms with Gasteiger partial charge in [-0.2, -0.15) is 0 Å². The highest BCUT2D eigenvalue weighted by molar-refractivity contribution is 14.1. The Balaban J connectivity index is 3.59. The topological polar surface area (TPSA) is 35.5 Å². The summed E-state index contributed by atoms with van der Waals surface area (Å²) in [6.45, 7) is 7.00. The van der Waals surface area contributed by atoms with E-state index >= 15 is 0 Å². The molecular formula is C9H17IO3. The van der Waals surface area contributed by atoms with E-state index in [1.165, 1.54) is 7.11 Å². The first-order valence-corrected chi connectivity index (χ1v) is 5.45. The Morgan fingerprint density at radius 1 is 1.46 bits per heavy atom. The Kier molecular flexibility index (Phi) is 5.87. The number of ether oxygens (including phenoxy) is 2. The third-order valence-corrected chi connectivity index (χ3v) is 2.37. The number of esters is 1. The van der Waals surface area contributed by atoms with Gasteiger partial charge in [0.25, 0.3) is 0 Å². The lowest BCUT2D eigenvalue weighted by molar-refractivity contribution is -0.147. The zero-order valence-electron chi connectivity index (χ0n) is 8.59. The molecule has 1 atom stereocenters. The zero-order chi connectivity index (χ0) is 10.5. The van der Waals surface area contributed by atoms with Crippen LogP contribution in [-0.4, -0.2) is 23.8 Å². The summed E-state index contributed by atoms with van der Waals surface area (Å²) in [5.74, 6) is -0.325. The van der Waals surface area contributed by atoms with Crippen molar-refractivity contribution in [2.75, 3.05) is 13.7 Å². The van der Waals surface area contributed by atoms with Crippen LogP contribution in [0.4, 0.5) is 0 Å². The molecule has 3 nitrogen and oxygen atoms in total. The average Bonchev–Trinajstić information content (AvgIpc) is 2.00. The van der Waals surface area contributed by atoms with Gasteiger partial charge < -0.3 is 9.47 Å². The summed E-state index contributed by atoms with van der Waals surface area (Å²) in [5, 5.41) is 0. The summed E-state index contributed by atoms with van der Waals surface area (Å²) in [6.07, 6.45) is 0.934. The normalized spacial score (nSPS) is 13.9. The van der Waals surface area contributed by atoms with E-state index in [4.69, 9.17) is 4.74 Å². The van der Waals surface area contributed by atoms with Gasteiger partial charge in [-0.1, -0.05) is 20.8 Å². The molecule has 4 heteroatoms. The Labute approximate surface area is 93.3 Å². The van der Waals surface area contributed by atoms with Crippen molar-refractivity contribution in [2.24, 2.45) is 5.41 Å². The number of hydrogen-bond acceptors (Lipinski definition) is 3. The smallest absolute Gasteiger partial charge is 0.345 e. The molecular weight excluding hydrogens is 283 g/mol. The predicted molar refractivity (Wildman–Crippen MR) is 59.8 cm³/mol.